The SMILES string of the molecule is Cc1cc(F)cc2c1-c1c(F)cc(F)cc1C21NC(=O)NC1=O. The molecule has 4 nitrogen and oxygen atoms in total. The maximum Gasteiger partial charge on any atom is 0.322 e. The first-order valence-corrected chi connectivity index (χ1v) is 6.78. The van der Waals surface area contributed by atoms with E-state index in [1.54, 1.807) is 6.92 Å². The first-order valence-electron chi connectivity index (χ1n) is 6.78. The number of carbonyl (C=O) groups excluding carboxylic acids is 2. The Morgan fingerprint density at radius 3 is 2.13 bits per heavy atom. The fraction of sp³-hybridized carbons (Fsp3) is 0.125. The number of nitrogens with one attached hydrogen (secondary N) is 2. The van der Waals surface area contributed by atoms with Gasteiger partial charge < -0.3 is 5.32 Å². The minimum absolute atomic E-state index is 0.00347. The lowest BCUT2D eigenvalue weighted by Gasteiger charge is -2.23. The average Bonchev–Trinajstić information content (AvgIpc) is 2.88. The monoisotopic (exact) mass is 318 g/mol. The van der Waals surface area contributed by atoms with Gasteiger partial charge in [0.15, 0.2) is 5.54 Å². The van der Waals surface area contributed by atoms with Crippen molar-refractivity contribution in [1.29, 1.82) is 0 Å². The van der Waals surface area contributed by atoms with Crippen LogP contribution in [0.2, 0.25) is 0 Å². The first-order chi connectivity index (χ1) is 10.8. The van der Waals surface area contributed by atoms with Gasteiger partial charge in [-0.1, -0.05) is 0 Å². The second-order valence-corrected chi connectivity index (χ2v) is 5.61. The standard InChI is InChI=1S/C16H9F3N2O2/c1-6-2-7(17)3-9-12(6)13-10(4-8(18)5-11(13)19)16(9)14(22)20-15(23)21-16/h2-5H,1H3,(H2,20,21,22,23). The largest absolute Gasteiger partial charge is 0.322 e. The van der Waals surface area contributed by atoms with Crippen LogP contribution in [0, 0.1) is 24.4 Å². The van der Waals surface area contributed by atoms with Crippen LogP contribution in [0.1, 0.15) is 16.7 Å². The second kappa shape index (κ2) is 4.13. The Morgan fingerprint density at radius 2 is 1.52 bits per heavy atom. The summed E-state index contributed by atoms with van der Waals surface area (Å²) in [4.78, 5) is 24.1. The van der Waals surface area contributed by atoms with Crippen LogP contribution >= 0.6 is 0 Å². The lowest BCUT2D eigenvalue weighted by molar-refractivity contribution is -0.122. The predicted octanol–water partition coefficient (Wildman–Crippen LogP) is 2.48. The molecule has 1 fully saturated rings. The molecular weight excluding hydrogens is 309 g/mol. The number of rotatable bonds is 0. The van der Waals surface area contributed by atoms with E-state index in [2.05, 4.69) is 10.6 Å². The number of aryl methyl sites for hydroxylation is 1. The number of halogens is 3. The predicted molar refractivity (Wildman–Crippen MR) is 73.9 cm³/mol. The van der Waals surface area contributed by atoms with Crippen molar-refractivity contribution in [3.63, 3.8) is 0 Å². The molecule has 4 rings (SSSR count). The fourth-order valence-corrected chi connectivity index (χ4v) is 3.47. The summed E-state index contributed by atoms with van der Waals surface area (Å²) in [6.07, 6.45) is 0. The van der Waals surface area contributed by atoms with E-state index in [0.29, 0.717) is 11.6 Å². The molecule has 1 spiro atoms. The molecule has 2 aliphatic rings. The maximum atomic E-state index is 14.4. The van der Waals surface area contributed by atoms with Gasteiger partial charge in [0.1, 0.15) is 17.5 Å². The van der Waals surface area contributed by atoms with Crippen molar-refractivity contribution in [3.8, 4) is 11.1 Å². The van der Waals surface area contributed by atoms with Gasteiger partial charge in [0.2, 0.25) is 0 Å². The van der Waals surface area contributed by atoms with Gasteiger partial charge in [0.25, 0.3) is 5.91 Å². The van der Waals surface area contributed by atoms with E-state index < -0.39 is 34.9 Å². The van der Waals surface area contributed by atoms with Crippen molar-refractivity contribution >= 4 is 11.9 Å². The van der Waals surface area contributed by atoms with Gasteiger partial charge >= 0.3 is 6.03 Å². The lowest BCUT2D eigenvalue weighted by atomic mass is 9.87. The molecule has 2 aromatic rings. The Bertz CT molecular complexity index is 867. The van der Waals surface area contributed by atoms with Crippen molar-refractivity contribution in [2.24, 2.45) is 0 Å². The third kappa shape index (κ3) is 1.56. The van der Waals surface area contributed by atoms with Gasteiger partial charge in [-0.25, -0.2) is 18.0 Å². The van der Waals surface area contributed by atoms with Crippen LogP contribution in [0.15, 0.2) is 24.3 Å². The molecule has 7 heteroatoms. The van der Waals surface area contributed by atoms with Crippen LogP contribution < -0.4 is 10.6 Å². The number of hydrogen-bond donors (Lipinski definition) is 2. The molecule has 1 atom stereocenters. The third-order valence-electron chi connectivity index (χ3n) is 4.28. The summed E-state index contributed by atoms with van der Waals surface area (Å²) in [6, 6.07) is 3.13. The highest BCUT2D eigenvalue weighted by Crippen LogP contribution is 2.51. The molecule has 0 radical (unpaired) electrons. The Morgan fingerprint density at radius 1 is 0.913 bits per heavy atom. The number of hydrogen-bond acceptors (Lipinski definition) is 2. The number of carbonyl (C=O) groups is 2. The summed E-state index contributed by atoms with van der Waals surface area (Å²) in [5.74, 6) is -3.19. The quantitative estimate of drug-likeness (QED) is 0.733. The zero-order valence-corrected chi connectivity index (χ0v) is 11.8. The third-order valence-corrected chi connectivity index (χ3v) is 4.28. The zero-order chi connectivity index (χ0) is 16.5. The smallest absolute Gasteiger partial charge is 0.316 e. The van der Waals surface area contributed by atoms with Gasteiger partial charge in [-0.3, -0.25) is 10.1 Å². The number of fused-ring (bicyclic) bond motifs is 5. The molecule has 2 N–H and O–H groups in total. The Hall–Kier alpha value is -2.83. The van der Waals surface area contributed by atoms with Crippen LogP contribution in [0.4, 0.5) is 18.0 Å². The summed E-state index contributed by atoms with van der Waals surface area (Å²) in [7, 11) is 0. The molecular formula is C16H9F3N2O2. The van der Waals surface area contributed by atoms with Crippen LogP contribution in [-0.2, 0) is 10.3 Å². The van der Waals surface area contributed by atoms with Crippen molar-refractivity contribution in [3.05, 3.63) is 58.4 Å². The molecule has 23 heavy (non-hydrogen) atoms. The van der Waals surface area contributed by atoms with Crippen LogP contribution in [0.3, 0.4) is 0 Å². The van der Waals surface area contributed by atoms with Crippen LogP contribution in [-0.4, -0.2) is 11.9 Å². The Kier molecular flexibility index (Phi) is 2.48. The minimum atomic E-state index is -1.82. The van der Waals surface area contributed by atoms with E-state index in [0.717, 1.165) is 12.1 Å². The minimum Gasteiger partial charge on any atom is -0.316 e. The second-order valence-electron chi connectivity index (χ2n) is 5.61. The summed E-state index contributed by atoms with van der Waals surface area (Å²) in [5.41, 5.74) is -1.10. The normalized spacial score (nSPS) is 21.2. The van der Waals surface area contributed by atoms with Gasteiger partial charge in [-0.15, -0.1) is 0 Å². The fourth-order valence-electron chi connectivity index (χ4n) is 3.47. The van der Waals surface area contributed by atoms with E-state index in [1.807, 2.05) is 0 Å². The zero-order valence-electron chi connectivity index (χ0n) is 11.8. The van der Waals surface area contributed by atoms with E-state index in [1.165, 1.54) is 6.07 Å². The highest BCUT2D eigenvalue weighted by Gasteiger charge is 2.56. The molecule has 3 amide bonds. The number of amides is 3. The molecule has 1 aliphatic heterocycles. The first kappa shape index (κ1) is 13.8. The Labute approximate surface area is 128 Å². The summed E-state index contributed by atoms with van der Waals surface area (Å²) < 4.78 is 42.0. The molecule has 1 heterocycles. The molecule has 116 valence electrons. The Balaban J connectivity index is 2.20. The molecule has 2 aromatic carbocycles. The number of benzene rings is 2. The molecule has 1 saturated heterocycles. The van der Waals surface area contributed by atoms with Gasteiger partial charge in [-0.2, -0.15) is 0 Å². The average molecular weight is 318 g/mol. The van der Waals surface area contributed by atoms with Crippen molar-refractivity contribution in [1.82, 2.24) is 10.6 Å². The molecule has 1 aliphatic carbocycles. The summed E-state index contributed by atoms with van der Waals surface area (Å²) >= 11 is 0. The molecule has 0 bridgehead atoms. The number of urea groups is 1. The molecule has 1 unspecified atom stereocenters. The van der Waals surface area contributed by atoms with Crippen LogP contribution in [0.25, 0.3) is 11.1 Å². The van der Waals surface area contributed by atoms with Gasteiger partial charge in [-0.05, 0) is 36.2 Å². The lowest BCUT2D eigenvalue weighted by Crippen LogP contribution is -2.43. The highest BCUT2D eigenvalue weighted by atomic mass is 19.1. The topological polar surface area (TPSA) is 58.2 Å². The van der Waals surface area contributed by atoms with E-state index in [4.69, 9.17) is 0 Å². The maximum absolute atomic E-state index is 14.4. The molecule has 0 saturated carbocycles. The van der Waals surface area contributed by atoms with Crippen molar-refractivity contribution in [2.75, 3.05) is 0 Å². The molecule has 0 aromatic heterocycles. The summed E-state index contributed by atoms with van der Waals surface area (Å²) in [6.45, 7) is 1.56. The number of imide groups is 1. The van der Waals surface area contributed by atoms with E-state index >= 15 is 0 Å². The summed E-state index contributed by atoms with van der Waals surface area (Å²) in [5, 5.41) is 4.45. The van der Waals surface area contributed by atoms with Crippen molar-refractivity contribution in [2.45, 2.75) is 12.5 Å². The van der Waals surface area contributed by atoms with E-state index in [-0.39, 0.29) is 22.3 Å². The van der Waals surface area contributed by atoms with E-state index in [9.17, 15) is 22.8 Å². The highest BCUT2D eigenvalue weighted by molar-refractivity contribution is 6.13. The van der Waals surface area contributed by atoms with Crippen LogP contribution in [0.5, 0.6) is 0 Å². The van der Waals surface area contributed by atoms with Gasteiger partial charge in [0, 0.05) is 22.8 Å². The van der Waals surface area contributed by atoms with Crippen molar-refractivity contribution < 1.29 is 22.8 Å². The van der Waals surface area contributed by atoms with Gasteiger partial charge in [0.05, 0.1) is 0 Å².